The molecule has 0 saturated carbocycles. The number of likely N-dealkylation sites (N-methyl/N-ethyl adjacent to an activating group) is 1. The molecule has 1 aromatic rings. The third-order valence-electron chi connectivity index (χ3n) is 3.94. The molecule has 20 heavy (non-hydrogen) atoms. The van der Waals surface area contributed by atoms with Crippen LogP contribution >= 0.6 is 0 Å². The molecule has 0 spiro atoms. The van der Waals surface area contributed by atoms with Gasteiger partial charge in [0.05, 0.1) is 18.1 Å². The SMILES string of the molecule is CC(C)NCc1cnc(N2CC(C)C(N(C)C)C2)cn1. The van der Waals surface area contributed by atoms with E-state index in [9.17, 15) is 0 Å². The van der Waals surface area contributed by atoms with Gasteiger partial charge in [-0.15, -0.1) is 0 Å². The molecule has 0 radical (unpaired) electrons. The number of hydrogen-bond acceptors (Lipinski definition) is 5. The molecule has 1 fully saturated rings. The van der Waals surface area contributed by atoms with Crippen molar-refractivity contribution < 1.29 is 0 Å². The van der Waals surface area contributed by atoms with Crippen molar-refractivity contribution >= 4 is 5.82 Å². The number of aromatic nitrogens is 2. The smallest absolute Gasteiger partial charge is 0.147 e. The van der Waals surface area contributed by atoms with Gasteiger partial charge in [0.25, 0.3) is 0 Å². The van der Waals surface area contributed by atoms with E-state index in [-0.39, 0.29) is 0 Å². The number of hydrogen-bond donors (Lipinski definition) is 1. The van der Waals surface area contributed by atoms with Crippen LogP contribution in [0.25, 0.3) is 0 Å². The van der Waals surface area contributed by atoms with Crippen LogP contribution in [0.2, 0.25) is 0 Å². The first-order valence-corrected chi connectivity index (χ1v) is 7.43. The second kappa shape index (κ2) is 6.50. The lowest BCUT2D eigenvalue weighted by molar-refractivity contribution is 0.266. The molecule has 2 heterocycles. The van der Waals surface area contributed by atoms with Crippen molar-refractivity contribution in [2.45, 2.75) is 39.4 Å². The van der Waals surface area contributed by atoms with E-state index in [0.29, 0.717) is 18.0 Å². The molecule has 0 aromatic carbocycles. The van der Waals surface area contributed by atoms with E-state index in [0.717, 1.165) is 31.1 Å². The summed E-state index contributed by atoms with van der Waals surface area (Å²) in [6.07, 6.45) is 3.79. The fourth-order valence-electron chi connectivity index (χ4n) is 2.72. The summed E-state index contributed by atoms with van der Waals surface area (Å²) in [7, 11) is 4.30. The summed E-state index contributed by atoms with van der Waals surface area (Å²) in [5.41, 5.74) is 0.999. The van der Waals surface area contributed by atoms with E-state index < -0.39 is 0 Å². The van der Waals surface area contributed by atoms with Crippen LogP contribution in [0.3, 0.4) is 0 Å². The number of rotatable bonds is 5. The molecule has 2 rings (SSSR count). The molecule has 1 saturated heterocycles. The zero-order chi connectivity index (χ0) is 14.7. The molecule has 112 valence electrons. The lowest BCUT2D eigenvalue weighted by atomic mass is 10.1. The number of nitrogens with one attached hydrogen (secondary N) is 1. The molecule has 0 aliphatic carbocycles. The second-order valence-electron chi connectivity index (χ2n) is 6.31. The topological polar surface area (TPSA) is 44.3 Å². The van der Waals surface area contributed by atoms with Gasteiger partial charge in [-0.25, -0.2) is 4.98 Å². The largest absolute Gasteiger partial charge is 0.353 e. The van der Waals surface area contributed by atoms with Crippen LogP contribution in [0.4, 0.5) is 5.82 Å². The molecule has 1 aromatic heterocycles. The summed E-state index contributed by atoms with van der Waals surface area (Å²) in [6.45, 7) is 9.44. The van der Waals surface area contributed by atoms with Crippen LogP contribution in [-0.2, 0) is 6.54 Å². The van der Waals surface area contributed by atoms with Crippen molar-refractivity contribution in [1.29, 1.82) is 0 Å². The molecule has 1 N–H and O–H groups in total. The average molecular weight is 277 g/mol. The molecule has 0 bridgehead atoms. The Morgan fingerprint density at radius 2 is 2.05 bits per heavy atom. The van der Waals surface area contributed by atoms with Crippen LogP contribution in [0, 0.1) is 5.92 Å². The predicted molar refractivity (Wildman–Crippen MR) is 82.9 cm³/mol. The molecule has 0 amide bonds. The summed E-state index contributed by atoms with van der Waals surface area (Å²) < 4.78 is 0. The molecule has 1 aliphatic heterocycles. The highest BCUT2D eigenvalue weighted by atomic mass is 15.3. The molecule has 5 nitrogen and oxygen atoms in total. The summed E-state index contributed by atoms with van der Waals surface area (Å²) in [5, 5.41) is 3.36. The quantitative estimate of drug-likeness (QED) is 0.880. The molecule has 2 atom stereocenters. The highest BCUT2D eigenvalue weighted by Crippen LogP contribution is 2.24. The zero-order valence-electron chi connectivity index (χ0n) is 13.3. The lowest BCUT2D eigenvalue weighted by Gasteiger charge is -2.22. The maximum Gasteiger partial charge on any atom is 0.147 e. The standard InChI is InChI=1S/C15H27N5/c1-11(2)16-6-13-7-18-15(8-17-13)20-9-12(3)14(10-20)19(4)5/h7-8,11-12,14,16H,6,9-10H2,1-5H3. The lowest BCUT2D eigenvalue weighted by Crippen LogP contribution is -2.34. The third kappa shape index (κ3) is 3.67. The van der Waals surface area contributed by atoms with Crippen molar-refractivity contribution in [2.24, 2.45) is 5.92 Å². The van der Waals surface area contributed by atoms with Gasteiger partial charge in [-0.3, -0.25) is 4.98 Å². The first kappa shape index (κ1) is 15.2. The molecular formula is C15H27N5. The Kier molecular flexibility index (Phi) is 4.94. The van der Waals surface area contributed by atoms with Gasteiger partial charge in [0.1, 0.15) is 5.82 Å². The summed E-state index contributed by atoms with van der Waals surface area (Å²) in [5.74, 6) is 1.66. The Labute approximate surface area is 122 Å². The monoisotopic (exact) mass is 277 g/mol. The van der Waals surface area contributed by atoms with Crippen molar-refractivity contribution in [2.75, 3.05) is 32.1 Å². The van der Waals surface area contributed by atoms with Gasteiger partial charge < -0.3 is 15.1 Å². The van der Waals surface area contributed by atoms with Crippen molar-refractivity contribution in [3.63, 3.8) is 0 Å². The number of anilines is 1. The van der Waals surface area contributed by atoms with Gasteiger partial charge in [-0.2, -0.15) is 0 Å². The van der Waals surface area contributed by atoms with E-state index in [2.05, 4.69) is 60.0 Å². The van der Waals surface area contributed by atoms with Gasteiger partial charge in [0.2, 0.25) is 0 Å². The number of nitrogens with zero attached hydrogens (tertiary/aromatic N) is 4. The van der Waals surface area contributed by atoms with E-state index >= 15 is 0 Å². The minimum absolute atomic E-state index is 0.469. The van der Waals surface area contributed by atoms with Crippen molar-refractivity contribution in [1.82, 2.24) is 20.2 Å². The highest BCUT2D eigenvalue weighted by Gasteiger charge is 2.31. The zero-order valence-corrected chi connectivity index (χ0v) is 13.3. The van der Waals surface area contributed by atoms with E-state index in [1.165, 1.54) is 0 Å². The summed E-state index contributed by atoms with van der Waals surface area (Å²) >= 11 is 0. The maximum absolute atomic E-state index is 4.57. The van der Waals surface area contributed by atoms with Crippen molar-refractivity contribution in [3.8, 4) is 0 Å². The van der Waals surface area contributed by atoms with Crippen LogP contribution in [0.1, 0.15) is 26.5 Å². The average Bonchev–Trinajstić information content (AvgIpc) is 2.79. The Balaban J connectivity index is 1.97. The van der Waals surface area contributed by atoms with Gasteiger partial charge in [0, 0.05) is 31.7 Å². The van der Waals surface area contributed by atoms with E-state index in [4.69, 9.17) is 0 Å². The Morgan fingerprint density at radius 3 is 2.55 bits per heavy atom. The summed E-state index contributed by atoms with van der Waals surface area (Å²) in [4.78, 5) is 13.7. The van der Waals surface area contributed by atoms with Crippen LogP contribution in [-0.4, -0.2) is 54.1 Å². The minimum atomic E-state index is 0.469. The fraction of sp³-hybridized carbons (Fsp3) is 0.733. The predicted octanol–water partition coefficient (Wildman–Crippen LogP) is 1.36. The Bertz CT molecular complexity index is 415. The van der Waals surface area contributed by atoms with Crippen LogP contribution < -0.4 is 10.2 Å². The van der Waals surface area contributed by atoms with Crippen LogP contribution in [0.15, 0.2) is 12.4 Å². The summed E-state index contributed by atoms with van der Waals surface area (Å²) in [6, 6.07) is 1.07. The molecule has 5 heteroatoms. The fourth-order valence-corrected chi connectivity index (χ4v) is 2.72. The first-order chi connectivity index (χ1) is 9.47. The second-order valence-corrected chi connectivity index (χ2v) is 6.31. The minimum Gasteiger partial charge on any atom is -0.353 e. The molecule has 1 aliphatic rings. The van der Waals surface area contributed by atoms with Gasteiger partial charge >= 0.3 is 0 Å². The van der Waals surface area contributed by atoms with Gasteiger partial charge in [-0.1, -0.05) is 20.8 Å². The highest BCUT2D eigenvalue weighted by molar-refractivity contribution is 5.38. The normalized spacial score (nSPS) is 23.1. The Hall–Kier alpha value is -1.20. The van der Waals surface area contributed by atoms with Gasteiger partial charge in [-0.05, 0) is 20.0 Å². The molecule has 2 unspecified atom stereocenters. The van der Waals surface area contributed by atoms with Gasteiger partial charge in [0.15, 0.2) is 0 Å². The van der Waals surface area contributed by atoms with Crippen molar-refractivity contribution in [3.05, 3.63) is 18.1 Å². The maximum atomic E-state index is 4.57. The van der Waals surface area contributed by atoms with Crippen LogP contribution in [0.5, 0.6) is 0 Å². The van der Waals surface area contributed by atoms with E-state index in [1.807, 2.05) is 12.4 Å². The molecular weight excluding hydrogens is 250 g/mol. The van der Waals surface area contributed by atoms with E-state index in [1.54, 1.807) is 0 Å². The first-order valence-electron chi connectivity index (χ1n) is 7.43. The Morgan fingerprint density at radius 1 is 1.30 bits per heavy atom. The third-order valence-corrected chi connectivity index (χ3v) is 3.94.